The Bertz CT molecular complexity index is 279. The number of allylic oxidation sites excluding steroid dienone is 1. The van der Waals surface area contributed by atoms with Crippen molar-refractivity contribution in [1.29, 1.82) is 0 Å². The minimum atomic E-state index is -0.431. The van der Waals surface area contributed by atoms with Crippen molar-refractivity contribution in [3.63, 3.8) is 0 Å². The van der Waals surface area contributed by atoms with E-state index in [0.717, 1.165) is 24.7 Å². The van der Waals surface area contributed by atoms with E-state index in [0.29, 0.717) is 11.8 Å². The maximum atomic E-state index is 10.6. The van der Waals surface area contributed by atoms with Gasteiger partial charge >= 0.3 is 0 Å². The molecule has 0 unspecified atom stereocenters. The zero-order valence-electron chi connectivity index (χ0n) is 11.0. The molecule has 1 nitrogen and oxygen atoms in total. The predicted octanol–water partition coefficient (Wildman–Crippen LogP) is 3.78. The van der Waals surface area contributed by atoms with Crippen molar-refractivity contribution in [2.24, 2.45) is 23.7 Å². The third-order valence-corrected chi connectivity index (χ3v) is 5.23. The standard InChI is InChI=1S/C15H26O/c1-10(2)12-7-8-15(4,16)14-6-5-11(3)13(14)9-12/h11-14,16H,1,5-9H2,2-4H3/t11-,12+,13-,14+,15-/m0/s1. The van der Waals surface area contributed by atoms with E-state index < -0.39 is 5.60 Å². The zero-order chi connectivity index (χ0) is 11.9. The Hall–Kier alpha value is -0.300. The van der Waals surface area contributed by atoms with E-state index in [9.17, 15) is 5.11 Å². The van der Waals surface area contributed by atoms with Crippen LogP contribution in [0.5, 0.6) is 0 Å². The molecule has 0 aromatic heterocycles. The molecule has 1 N–H and O–H groups in total. The Morgan fingerprint density at radius 3 is 2.62 bits per heavy atom. The van der Waals surface area contributed by atoms with Crippen LogP contribution < -0.4 is 0 Å². The van der Waals surface area contributed by atoms with Gasteiger partial charge in [0.2, 0.25) is 0 Å². The third kappa shape index (κ3) is 2.07. The Kier molecular flexibility index (Phi) is 3.18. The van der Waals surface area contributed by atoms with Gasteiger partial charge in [0.05, 0.1) is 5.60 Å². The molecule has 1 heteroatoms. The molecule has 2 saturated carbocycles. The summed E-state index contributed by atoms with van der Waals surface area (Å²) in [5, 5.41) is 10.6. The summed E-state index contributed by atoms with van der Waals surface area (Å²) in [6.07, 6.45) is 5.87. The summed E-state index contributed by atoms with van der Waals surface area (Å²) < 4.78 is 0. The quantitative estimate of drug-likeness (QED) is 0.669. The van der Waals surface area contributed by atoms with Crippen molar-refractivity contribution in [2.45, 2.75) is 58.5 Å². The molecule has 0 heterocycles. The summed E-state index contributed by atoms with van der Waals surface area (Å²) in [7, 11) is 0. The van der Waals surface area contributed by atoms with Crippen LogP contribution in [0.2, 0.25) is 0 Å². The smallest absolute Gasteiger partial charge is 0.0650 e. The molecule has 16 heavy (non-hydrogen) atoms. The maximum Gasteiger partial charge on any atom is 0.0650 e. The van der Waals surface area contributed by atoms with Crippen LogP contribution in [-0.2, 0) is 0 Å². The Morgan fingerprint density at radius 2 is 2.00 bits per heavy atom. The van der Waals surface area contributed by atoms with Crippen LogP contribution in [-0.4, -0.2) is 10.7 Å². The zero-order valence-corrected chi connectivity index (χ0v) is 11.0. The minimum absolute atomic E-state index is 0.431. The molecule has 5 atom stereocenters. The van der Waals surface area contributed by atoms with Crippen molar-refractivity contribution < 1.29 is 5.11 Å². The monoisotopic (exact) mass is 222 g/mol. The summed E-state index contributed by atoms with van der Waals surface area (Å²) in [5.74, 6) is 2.68. The molecule has 2 aliphatic rings. The Labute approximate surface area is 99.9 Å². The van der Waals surface area contributed by atoms with Gasteiger partial charge in [0.25, 0.3) is 0 Å². The van der Waals surface area contributed by atoms with Gasteiger partial charge in [-0.1, -0.05) is 25.5 Å². The fourth-order valence-electron chi connectivity index (χ4n) is 3.98. The molecule has 0 aromatic rings. The summed E-state index contributed by atoms with van der Waals surface area (Å²) in [4.78, 5) is 0. The van der Waals surface area contributed by atoms with Gasteiger partial charge in [0, 0.05) is 0 Å². The lowest BCUT2D eigenvalue weighted by atomic mass is 9.77. The molecule has 2 fully saturated rings. The first-order chi connectivity index (χ1) is 7.42. The first kappa shape index (κ1) is 12.2. The molecule has 0 radical (unpaired) electrons. The molecule has 2 rings (SSSR count). The van der Waals surface area contributed by atoms with Crippen molar-refractivity contribution in [1.82, 2.24) is 0 Å². The second-order valence-corrected chi connectivity index (χ2v) is 6.50. The number of hydrogen-bond acceptors (Lipinski definition) is 1. The number of hydrogen-bond donors (Lipinski definition) is 1. The van der Waals surface area contributed by atoms with Crippen LogP contribution in [0.1, 0.15) is 52.9 Å². The van der Waals surface area contributed by atoms with Crippen molar-refractivity contribution in [2.75, 3.05) is 0 Å². The van der Waals surface area contributed by atoms with Gasteiger partial charge in [-0.3, -0.25) is 0 Å². The van der Waals surface area contributed by atoms with Crippen LogP contribution in [0.4, 0.5) is 0 Å². The first-order valence-electron chi connectivity index (χ1n) is 6.79. The molecule has 0 aliphatic heterocycles. The molecule has 0 bridgehead atoms. The van der Waals surface area contributed by atoms with Gasteiger partial charge in [0.15, 0.2) is 0 Å². The summed E-state index contributed by atoms with van der Waals surface area (Å²) >= 11 is 0. The van der Waals surface area contributed by atoms with Crippen LogP contribution in [0.25, 0.3) is 0 Å². The molecular weight excluding hydrogens is 196 g/mol. The second kappa shape index (κ2) is 4.18. The molecule has 92 valence electrons. The lowest BCUT2D eigenvalue weighted by Crippen LogP contribution is -2.36. The van der Waals surface area contributed by atoms with Gasteiger partial charge in [-0.2, -0.15) is 0 Å². The second-order valence-electron chi connectivity index (χ2n) is 6.50. The van der Waals surface area contributed by atoms with Crippen LogP contribution in [0.3, 0.4) is 0 Å². The largest absolute Gasteiger partial charge is 0.390 e. The third-order valence-electron chi connectivity index (χ3n) is 5.23. The van der Waals surface area contributed by atoms with Crippen molar-refractivity contribution >= 4 is 0 Å². The molecular formula is C15H26O. The van der Waals surface area contributed by atoms with E-state index >= 15 is 0 Å². The van der Waals surface area contributed by atoms with Gasteiger partial charge in [-0.05, 0) is 63.2 Å². The lowest BCUT2D eigenvalue weighted by molar-refractivity contribution is -0.0208. The first-order valence-corrected chi connectivity index (χ1v) is 6.79. The molecule has 0 spiro atoms. The molecule has 0 saturated heterocycles. The Balaban J connectivity index is 2.21. The average molecular weight is 222 g/mol. The van der Waals surface area contributed by atoms with Crippen molar-refractivity contribution in [3.05, 3.63) is 12.2 Å². The topological polar surface area (TPSA) is 20.2 Å². The number of aliphatic hydroxyl groups is 1. The molecule has 0 aromatic carbocycles. The van der Waals surface area contributed by atoms with Gasteiger partial charge < -0.3 is 5.11 Å². The predicted molar refractivity (Wildman–Crippen MR) is 68.2 cm³/mol. The van der Waals surface area contributed by atoms with Crippen LogP contribution in [0, 0.1) is 23.7 Å². The fourth-order valence-corrected chi connectivity index (χ4v) is 3.98. The SMILES string of the molecule is C=C(C)[C@@H]1CC[C@](C)(O)[C@@H]2CC[C@H](C)[C@@H]2C1. The average Bonchev–Trinajstić information content (AvgIpc) is 2.47. The van der Waals surface area contributed by atoms with E-state index in [1.807, 2.05) is 0 Å². The molecule has 2 aliphatic carbocycles. The normalized spacial score (nSPS) is 48.5. The highest BCUT2D eigenvalue weighted by Crippen LogP contribution is 2.50. The summed E-state index contributed by atoms with van der Waals surface area (Å²) in [5.41, 5.74) is 0.884. The Morgan fingerprint density at radius 1 is 1.31 bits per heavy atom. The van der Waals surface area contributed by atoms with Gasteiger partial charge in [0.1, 0.15) is 0 Å². The minimum Gasteiger partial charge on any atom is -0.390 e. The lowest BCUT2D eigenvalue weighted by Gasteiger charge is -2.33. The van der Waals surface area contributed by atoms with E-state index in [1.165, 1.54) is 24.8 Å². The van der Waals surface area contributed by atoms with E-state index in [-0.39, 0.29) is 0 Å². The van der Waals surface area contributed by atoms with Crippen LogP contribution in [0.15, 0.2) is 12.2 Å². The highest BCUT2D eigenvalue weighted by atomic mass is 16.3. The summed E-state index contributed by atoms with van der Waals surface area (Å²) in [6, 6.07) is 0. The van der Waals surface area contributed by atoms with E-state index in [2.05, 4.69) is 27.4 Å². The van der Waals surface area contributed by atoms with Gasteiger partial charge in [-0.15, -0.1) is 0 Å². The van der Waals surface area contributed by atoms with E-state index in [4.69, 9.17) is 0 Å². The highest BCUT2D eigenvalue weighted by molar-refractivity contribution is 5.04. The number of fused-ring (bicyclic) bond motifs is 1. The van der Waals surface area contributed by atoms with Crippen LogP contribution >= 0.6 is 0 Å². The maximum absolute atomic E-state index is 10.6. The fraction of sp³-hybridized carbons (Fsp3) is 0.867. The highest BCUT2D eigenvalue weighted by Gasteiger charge is 2.46. The number of rotatable bonds is 1. The molecule has 0 amide bonds. The summed E-state index contributed by atoms with van der Waals surface area (Å²) in [6.45, 7) is 10.7. The van der Waals surface area contributed by atoms with E-state index in [1.54, 1.807) is 0 Å². The van der Waals surface area contributed by atoms with Gasteiger partial charge in [-0.25, -0.2) is 0 Å². The van der Waals surface area contributed by atoms with Crippen molar-refractivity contribution in [3.8, 4) is 0 Å².